The molecule has 20 heteroatoms. The highest BCUT2D eigenvalue weighted by atomic mass is 33.1. The van der Waals surface area contributed by atoms with Crippen molar-refractivity contribution in [2.45, 2.75) is 38.4 Å². The monoisotopic (exact) mass is 676 g/mol. The minimum Gasteiger partial charge on any atom is -0.467 e. The Kier molecular flexibility index (Phi) is 12.1. The fraction of sp³-hybridized carbons (Fsp3) is 0.385. The van der Waals surface area contributed by atoms with E-state index in [2.05, 4.69) is 31.3 Å². The van der Waals surface area contributed by atoms with Crippen LogP contribution in [0, 0.1) is 0 Å². The fourth-order valence-electron chi connectivity index (χ4n) is 3.81. The molecule has 0 spiro atoms. The molecule has 2 aromatic heterocycles. The number of hydrogen-bond acceptors (Lipinski definition) is 16. The number of ether oxygens (including phenoxy) is 4. The molecule has 18 nitrogen and oxygen atoms in total. The molecule has 2 atom stereocenters. The predicted molar refractivity (Wildman–Crippen MR) is 158 cm³/mol. The van der Waals surface area contributed by atoms with Crippen LogP contribution in [0.15, 0.2) is 36.7 Å². The number of rotatable bonds is 2. The lowest BCUT2D eigenvalue weighted by atomic mass is 10.1. The van der Waals surface area contributed by atoms with Gasteiger partial charge in [0, 0.05) is 11.5 Å². The SMILES string of the molecule is COC(=O)C1CSSC[C@@H](C(=O)OC)NC(=O)Cn2cc(nn2)COC(=O)c2cccc(c2)C(=O)OCc2cn(nn2)CC(=O)N1. The topological polar surface area (TPSA) is 225 Å². The van der Waals surface area contributed by atoms with Crippen LogP contribution in [0.25, 0.3) is 0 Å². The van der Waals surface area contributed by atoms with Crippen LogP contribution in [0.2, 0.25) is 0 Å². The van der Waals surface area contributed by atoms with Gasteiger partial charge in [-0.1, -0.05) is 38.1 Å². The number of amides is 2. The lowest BCUT2D eigenvalue weighted by Gasteiger charge is -2.18. The molecule has 1 aliphatic rings. The Balaban J connectivity index is 1.51. The van der Waals surface area contributed by atoms with Crippen LogP contribution in [-0.4, -0.2) is 103 Å². The first-order valence-corrected chi connectivity index (χ1v) is 15.8. The third-order valence-electron chi connectivity index (χ3n) is 6.01. The number of hydrogen-bond donors (Lipinski definition) is 2. The molecule has 1 unspecified atom stereocenters. The van der Waals surface area contributed by atoms with Gasteiger partial charge in [0.2, 0.25) is 11.8 Å². The van der Waals surface area contributed by atoms with Crippen molar-refractivity contribution in [1.82, 2.24) is 40.6 Å². The summed E-state index contributed by atoms with van der Waals surface area (Å²) in [6, 6.07) is 3.60. The molecule has 2 N–H and O–H groups in total. The first-order valence-electron chi connectivity index (χ1n) is 13.4. The maximum Gasteiger partial charge on any atom is 0.338 e. The summed E-state index contributed by atoms with van der Waals surface area (Å²) in [7, 11) is 4.67. The Morgan fingerprint density at radius 1 is 0.783 bits per heavy atom. The largest absolute Gasteiger partial charge is 0.467 e. The lowest BCUT2D eigenvalue weighted by molar-refractivity contribution is -0.144. The van der Waals surface area contributed by atoms with Crippen molar-refractivity contribution < 1.29 is 47.7 Å². The molecular formula is C26H28N8O10S2. The number of cyclic esters (lactones) is 2. The highest BCUT2D eigenvalue weighted by Gasteiger charge is 2.25. The van der Waals surface area contributed by atoms with E-state index in [0.717, 1.165) is 21.6 Å². The number of carbonyl (C=O) groups excluding carboxylic acids is 6. The fourth-order valence-corrected chi connectivity index (χ4v) is 6.11. The quantitative estimate of drug-likeness (QED) is 0.194. The van der Waals surface area contributed by atoms with E-state index in [1.807, 2.05) is 0 Å². The van der Waals surface area contributed by atoms with Crippen LogP contribution in [0.5, 0.6) is 0 Å². The molecule has 46 heavy (non-hydrogen) atoms. The predicted octanol–water partition coefficient (Wildman–Crippen LogP) is -0.706. The van der Waals surface area contributed by atoms with Crippen LogP contribution in [0.1, 0.15) is 32.1 Å². The molecule has 3 heterocycles. The number of nitrogens with zero attached hydrogens (tertiary/aromatic N) is 6. The molecule has 244 valence electrons. The summed E-state index contributed by atoms with van der Waals surface area (Å²) in [4.78, 5) is 75.3. The van der Waals surface area contributed by atoms with Gasteiger partial charge >= 0.3 is 23.9 Å². The Morgan fingerprint density at radius 3 is 1.63 bits per heavy atom. The molecule has 0 radical (unpaired) electrons. The molecule has 0 fully saturated rings. The highest BCUT2D eigenvalue weighted by Crippen LogP contribution is 2.23. The van der Waals surface area contributed by atoms with E-state index in [-0.39, 0.29) is 60.3 Å². The number of esters is 4. The van der Waals surface area contributed by atoms with Gasteiger partial charge in [-0.2, -0.15) is 0 Å². The Morgan fingerprint density at radius 2 is 1.22 bits per heavy atom. The van der Waals surface area contributed by atoms with Gasteiger partial charge < -0.3 is 29.6 Å². The summed E-state index contributed by atoms with van der Waals surface area (Å²) in [5.74, 6) is -3.90. The number of benzene rings is 1. The molecule has 2 amide bonds. The summed E-state index contributed by atoms with van der Waals surface area (Å²) >= 11 is 0. The summed E-state index contributed by atoms with van der Waals surface area (Å²) in [5, 5.41) is 20.6. The molecule has 3 aromatic rings. The molecular weight excluding hydrogens is 648 g/mol. The van der Waals surface area contributed by atoms with Gasteiger partial charge in [0.15, 0.2) is 0 Å². The van der Waals surface area contributed by atoms with Crippen LogP contribution in [0.4, 0.5) is 0 Å². The van der Waals surface area contributed by atoms with Crippen LogP contribution < -0.4 is 10.6 Å². The number of methoxy groups -OCH3 is 2. The van der Waals surface area contributed by atoms with E-state index in [4.69, 9.17) is 18.9 Å². The van der Waals surface area contributed by atoms with Gasteiger partial charge in [0.25, 0.3) is 0 Å². The first kappa shape index (κ1) is 33.9. The third kappa shape index (κ3) is 9.76. The average molecular weight is 677 g/mol. The maximum absolute atomic E-state index is 12.7. The minimum atomic E-state index is -1.04. The average Bonchev–Trinajstić information content (AvgIpc) is 3.70. The van der Waals surface area contributed by atoms with Gasteiger partial charge in [-0.15, -0.1) is 10.2 Å². The molecule has 4 rings (SSSR count). The van der Waals surface area contributed by atoms with Gasteiger partial charge in [0.1, 0.15) is 49.8 Å². The van der Waals surface area contributed by atoms with E-state index in [1.54, 1.807) is 0 Å². The Hall–Kier alpha value is -4.98. The van der Waals surface area contributed by atoms with Gasteiger partial charge in [-0.3, -0.25) is 9.59 Å². The Labute approximate surface area is 268 Å². The zero-order valence-corrected chi connectivity index (χ0v) is 26.1. The second-order valence-corrected chi connectivity index (χ2v) is 12.0. The number of fused-ring (bicyclic) bond motifs is 6. The summed E-state index contributed by atoms with van der Waals surface area (Å²) < 4.78 is 22.5. The van der Waals surface area contributed by atoms with Crippen molar-refractivity contribution >= 4 is 57.3 Å². The van der Waals surface area contributed by atoms with Crippen molar-refractivity contribution in [3.05, 3.63) is 59.2 Å². The second-order valence-electron chi connectivity index (χ2n) is 9.40. The summed E-state index contributed by atoms with van der Waals surface area (Å²) in [6.07, 6.45) is 2.78. The van der Waals surface area contributed by atoms with E-state index in [0.29, 0.717) is 0 Å². The van der Waals surface area contributed by atoms with Crippen LogP contribution in [-0.2, 0) is 64.4 Å². The van der Waals surface area contributed by atoms with Gasteiger partial charge in [-0.25, -0.2) is 28.5 Å². The van der Waals surface area contributed by atoms with Crippen molar-refractivity contribution in [3.8, 4) is 0 Å². The van der Waals surface area contributed by atoms with Crippen LogP contribution in [0.3, 0.4) is 0 Å². The standard InChI is InChI=1S/C26H28N8O10S2/c1-41-25(39)19-13-45-46-14-20(26(40)42-2)28-22(36)10-34-8-18(30-32-34)12-44-24(38)16-5-3-4-15(6-16)23(37)43-11-17-7-33(31-29-17)9-21(35)27-19/h3-8,19-20H,9-14H2,1-2H3,(H,27,35)(H,28,36)/t19-,20?/m0/s1. The van der Waals surface area contributed by atoms with E-state index < -0.39 is 47.8 Å². The first-order chi connectivity index (χ1) is 22.1. The van der Waals surface area contributed by atoms with Crippen molar-refractivity contribution in [2.24, 2.45) is 0 Å². The summed E-state index contributed by atoms with van der Waals surface area (Å²) in [5.41, 5.74) is 0.632. The normalized spacial score (nSPS) is 19.0. The van der Waals surface area contributed by atoms with Crippen molar-refractivity contribution in [2.75, 3.05) is 25.7 Å². The van der Waals surface area contributed by atoms with E-state index in [9.17, 15) is 28.8 Å². The number of aromatic nitrogens is 6. The maximum atomic E-state index is 12.7. The molecule has 6 bridgehead atoms. The molecule has 1 aromatic carbocycles. The minimum absolute atomic E-state index is 0.0665. The summed E-state index contributed by atoms with van der Waals surface area (Å²) in [6.45, 7) is -1.15. The number of nitrogens with one attached hydrogen (secondary N) is 2. The molecule has 0 saturated heterocycles. The van der Waals surface area contributed by atoms with E-state index in [1.165, 1.54) is 60.2 Å². The molecule has 0 saturated carbocycles. The number of carbonyl (C=O) groups is 6. The van der Waals surface area contributed by atoms with Gasteiger partial charge in [0.05, 0.1) is 37.7 Å². The van der Waals surface area contributed by atoms with Gasteiger partial charge in [-0.05, 0) is 18.2 Å². The zero-order chi connectivity index (χ0) is 33.1. The smallest absolute Gasteiger partial charge is 0.338 e. The second kappa shape index (κ2) is 16.4. The van der Waals surface area contributed by atoms with E-state index >= 15 is 0 Å². The molecule has 0 aliphatic carbocycles. The highest BCUT2D eigenvalue weighted by molar-refractivity contribution is 8.76. The zero-order valence-electron chi connectivity index (χ0n) is 24.4. The molecule has 1 aliphatic heterocycles. The van der Waals surface area contributed by atoms with Crippen molar-refractivity contribution in [1.29, 1.82) is 0 Å². The third-order valence-corrected chi connectivity index (χ3v) is 8.44. The lowest BCUT2D eigenvalue weighted by Crippen LogP contribution is -2.45. The Bertz CT molecular complexity index is 1480. The van der Waals surface area contributed by atoms with Crippen LogP contribution >= 0.6 is 21.6 Å². The van der Waals surface area contributed by atoms with Crippen molar-refractivity contribution in [3.63, 3.8) is 0 Å².